The van der Waals surface area contributed by atoms with Gasteiger partial charge in [-0.05, 0) is 30.2 Å². The summed E-state index contributed by atoms with van der Waals surface area (Å²) in [6.07, 6.45) is 0.468. The molecule has 2 aromatic rings. The van der Waals surface area contributed by atoms with Crippen LogP contribution in [0, 0.1) is 0 Å². The Balaban J connectivity index is 1.42. The van der Waals surface area contributed by atoms with E-state index in [1.54, 1.807) is 0 Å². The van der Waals surface area contributed by atoms with Crippen molar-refractivity contribution >= 4 is 17.3 Å². The highest BCUT2D eigenvalue weighted by Gasteiger charge is 2.20. The van der Waals surface area contributed by atoms with Gasteiger partial charge in [0.2, 0.25) is 0 Å². The standard InChI is InChI=1S/C22H29ClN2O2/c1-2-22(18-7-4-3-5-8-18)27-17-21(26)16-24-11-13-25(14-12-24)20-10-6-9-19(23)15-20/h3-10,15,21-22,26H,2,11-14,16-17H2,1H3. The lowest BCUT2D eigenvalue weighted by Gasteiger charge is -2.37. The second-order valence-corrected chi connectivity index (χ2v) is 7.50. The van der Waals surface area contributed by atoms with Crippen molar-refractivity contribution < 1.29 is 9.84 Å². The minimum atomic E-state index is -0.472. The molecule has 1 aliphatic rings. The minimum Gasteiger partial charge on any atom is -0.389 e. The largest absolute Gasteiger partial charge is 0.389 e. The molecule has 1 heterocycles. The van der Waals surface area contributed by atoms with Gasteiger partial charge in [0.25, 0.3) is 0 Å². The molecule has 1 aliphatic heterocycles. The molecule has 5 heteroatoms. The smallest absolute Gasteiger partial charge is 0.0900 e. The number of aliphatic hydroxyl groups is 1. The quantitative estimate of drug-likeness (QED) is 0.741. The predicted molar refractivity (Wildman–Crippen MR) is 112 cm³/mol. The fraction of sp³-hybridized carbons (Fsp3) is 0.455. The van der Waals surface area contributed by atoms with Crippen LogP contribution in [0.5, 0.6) is 0 Å². The van der Waals surface area contributed by atoms with E-state index in [0.717, 1.165) is 37.6 Å². The van der Waals surface area contributed by atoms with Crippen LogP contribution < -0.4 is 4.90 Å². The second-order valence-electron chi connectivity index (χ2n) is 7.06. The van der Waals surface area contributed by atoms with E-state index in [-0.39, 0.29) is 6.10 Å². The van der Waals surface area contributed by atoms with Gasteiger partial charge in [-0.25, -0.2) is 0 Å². The maximum absolute atomic E-state index is 10.4. The van der Waals surface area contributed by atoms with Crippen molar-refractivity contribution in [3.8, 4) is 0 Å². The van der Waals surface area contributed by atoms with E-state index < -0.39 is 6.10 Å². The average molecular weight is 389 g/mol. The number of benzene rings is 2. The molecule has 2 atom stereocenters. The van der Waals surface area contributed by atoms with Crippen LogP contribution in [0.2, 0.25) is 5.02 Å². The Morgan fingerprint density at radius 1 is 1.04 bits per heavy atom. The molecule has 2 aromatic carbocycles. The minimum absolute atomic E-state index is 0.0422. The van der Waals surface area contributed by atoms with Gasteiger partial charge in [-0.3, -0.25) is 4.90 Å². The van der Waals surface area contributed by atoms with Crippen LogP contribution in [-0.2, 0) is 4.74 Å². The topological polar surface area (TPSA) is 35.9 Å². The highest BCUT2D eigenvalue weighted by molar-refractivity contribution is 6.30. The molecule has 1 N–H and O–H groups in total. The summed E-state index contributed by atoms with van der Waals surface area (Å²) < 4.78 is 5.98. The molecule has 27 heavy (non-hydrogen) atoms. The van der Waals surface area contributed by atoms with E-state index in [2.05, 4.69) is 34.9 Å². The summed E-state index contributed by atoms with van der Waals surface area (Å²) in [5, 5.41) is 11.2. The number of rotatable bonds is 8. The van der Waals surface area contributed by atoms with Crippen molar-refractivity contribution in [3.05, 3.63) is 65.2 Å². The van der Waals surface area contributed by atoms with Gasteiger partial charge in [0, 0.05) is 43.4 Å². The van der Waals surface area contributed by atoms with Crippen molar-refractivity contribution in [1.29, 1.82) is 0 Å². The third kappa shape index (κ3) is 5.94. The van der Waals surface area contributed by atoms with E-state index in [0.29, 0.717) is 13.2 Å². The second kappa shape index (κ2) is 10.1. The number of anilines is 1. The summed E-state index contributed by atoms with van der Waals surface area (Å²) in [6, 6.07) is 18.2. The highest BCUT2D eigenvalue weighted by atomic mass is 35.5. The van der Waals surface area contributed by atoms with Gasteiger partial charge >= 0.3 is 0 Å². The lowest BCUT2D eigenvalue weighted by molar-refractivity contribution is -0.0240. The van der Waals surface area contributed by atoms with Crippen molar-refractivity contribution in [3.63, 3.8) is 0 Å². The number of hydrogen-bond acceptors (Lipinski definition) is 4. The van der Waals surface area contributed by atoms with Gasteiger partial charge in [0.05, 0.1) is 18.8 Å². The fourth-order valence-electron chi connectivity index (χ4n) is 3.56. The number of halogens is 1. The van der Waals surface area contributed by atoms with Crippen LogP contribution in [0.3, 0.4) is 0 Å². The Labute approximate surface area is 167 Å². The zero-order chi connectivity index (χ0) is 19.1. The fourth-order valence-corrected chi connectivity index (χ4v) is 3.74. The normalized spacial score (nSPS) is 17.7. The van der Waals surface area contributed by atoms with E-state index >= 15 is 0 Å². The van der Waals surface area contributed by atoms with Crippen LogP contribution >= 0.6 is 11.6 Å². The van der Waals surface area contributed by atoms with E-state index in [1.807, 2.05) is 36.4 Å². The first kappa shape index (κ1) is 20.2. The number of nitrogens with zero attached hydrogens (tertiary/aromatic N) is 2. The third-order valence-electron chi connectivity index (χ3n) is 5.05. The number of β-amino-alcohol motifs (C(OH)–C–C–N with tert-alkyl or cyclic N) is 1. The Kier molecular flexibility index (Phi) is 7.53. The molecule has 0 aliphatic carbocycles. The number of hydrogen-bond donors (Lipinski definition) is 1. The van der Waals surface area contributed by atoms with E-state index in [9.17, 15) is 5.11 Å². The molecule has 4 nitrogen and oxygen atoms in total. The molecule has 3 rings (SSSR count). The van der Waals surface area contributed by atoms with Gasteiger partial charge in [-0.15, -0.1) is 0 Å². The molecule has 0 saturated carbocycles. The number of piperazine rings is 1. The molecule has 0 amide bonds. The monoisotopic (exact) mass is 388 g/mol. The summed E-state index contributed by atoms with van der Waals surface area (Å²) >= 11 is 6.09. The van der Waals surface area contributed by atoms with Gasteiger partial charge < -0.3 is 14.7 Å². The summed E-state index contributed by atoms with van der Waals surface area (Å²) in [5.74, 6) is 0. The zero-order valence-electron chi connectivity index (χ0n) is 15.9. The van der Waals surface area contributed by atoms with Crippen LogP contribution in [-0.4, -0.2) is 55.4 Å². The van der Waals surface area contributed by atoms with Gasteiger partial charge in [-0.1, -0.05) is 54.9 Å². The molecule has 0 aromatic heterocycles. The predicted octanol–water partition coefficient (Wildman–Crippen LogP) is 3.99. The lowest BCUT2D eigenvalue weighted by atomic mass is 10.1. The van der Waals surface area contributed by atoms with Gasteiger partial charge in [0.1, 0.15) is 0 Å². The molecule has 2 unspecified atom stereocenters. The van der Waals surface area contributed by atoms with Crippen LogP contribution in [0.4, 0.5) is 5.69 Å². The molecule has 0 spiro atoms. The van der Waals surface area contributed by atoms with Crippen molar-refractivity contribution in [2.24, 2.45) is 0 Å². The summed E-state index contributed by atoms with van der Waals surface area (Å²) in [6.45, 7) is 6.86. The first-order chi connectivity index (χ1) is 13.2. The van der Waals surface area contributed by atoms with Gasteiger partial charge in [0.15, 0.2) is 0 Å². The molecule has 1 fully saturated rings. The van der Waals surface area contributed by atoms with Gasteiger partial charge in [-0.2, -0.15) is 0 Å². The Bertz CT molecular complexity index is 690. The van der Waals surface area contributed by atoms with Crippen LogP contribution in [0.1, 0.15) is 25.0 Å². The van der Waals surface area contributed by atoms with E-state index in [1.165, 1.54) is 11.3 Å². The molecule has 0 bridgehead atoms. The third-order valence-corrected chi connectivity index (χ3v) is 5.28. The Hall–Kier alpha value is -1.59. The Morgan fingerprint density at radius 2 is 1.78 bits per heavy atom. The molecule has 1 saturated heterocycles. The average Bonchev–Trinajstić information content (AvgIpc) is 2.70. The maximum atomic E-state index is 10.4. The first-order valence-corrected chi connectivity index (χ1v) is 10.1. The molecular weight excluding hydrogens is 360 g/mol. The summed E-state index contributed by atoms with van der Waals surface area (Å²) in [4.78, 5) is 4.65. The zero-order valence-corrected chi connectivity index (χ0v) is 16.7. The lowest BCUT2D eigenvalue weighted by Crippen LogP contribution is -2.49. The maximum Gasteiger partial charge on any atom is 0.0900 e. The van der Waals surface area contributed by atoms with Crippen molar-refractivity contribution in [2.75, 3.05) is 44.2 Å². The van der Waals surface area contributed by atoms with Crippen molar-refractivity contribution in [1.82, 2.24) is 4.90 Å². The number of aliphatic hydroxyl groups excluding tert-OH is 1. The summed E-state index contributed by atoms with van der Waals surface area (Å²) in [5.41, 5.74) is 2.34. The van der Waals surface area contributed by atoms with Crippen LogP contribution in [0.15, 0.2) is 54.6 Å². The molecule has 0 radical (unpaired) electrons. The Morgan fingerprint density at radius 3 is 2.44 bits per heavy atom. The van der Waals surface area contributed by atoms with Crippen LogP contribution in [0.25, 0.3) is 0 Å². The number of ether oxygens (including phenoxy) is 1. The first-order valence-electron chi connectivity index (χ1n) is 9.73. The molecule has 146 valence electrons. The highest BCUT2D eigenvalue weighted by Crippen LogP contribution is 2.22. The molecular formula is C22H29ClN2O2. The SMILES string of the molecule is CCC(OCC(O)CN1CCN(c2cccc(Cl)c2)CC1)c1ccccc1. The summed E-state index contributed by atoms with van der Waals surface area (Å²) in [7, 11) is 0. The van der Waals surface area contributed by atoms with E-state index in [4.69, 9.17) is 16.3 Å². The van der Waals surface area contributed by atoms with Crippen molar-refractivity contribution in [2.45, 2.75) is 25.6 Å².